The summed E-state index contributed by atoms with van der Waals surface area (Å²) in [7, 11) is 0. The van der Waals surface area contributed by atoms with Gasteiger partial charge in [0.05, 0.1) is 0 Å². The highest BCUT2D eigenvalue weighted by atomic mass is 79.9. The number of hydrogen-bond donors (Lipinski definition) is 0. The second-order valence-electron chi connectivity index (χ2n) is 1.86. The monoisotopic (exact) mass is 242 g/mol. The van der Waals surface area contributed by atoms with Gasteiger partial charge in [0, 0.05) is 0 Å². The summed E-state index contributed by atoms with van der Waals surface area (Å²) in [6, 6.07) is 7.05. The molecule has 0 fully saturated rings. The lowest BCUT2D eigenvalue weighted by Crippen LogP contribution is -2.16. The molecule has 0 unspecified atom stereocenters. The molecule has 0 amide bonds. The molecule has 0 bridgehead atoms. The second-order valence-corrected chi connectivity index (χ2v) is 1.86. The van der Waals surface area contributed by atoms with Crippen LogP contribution in [0.15, 0.2) is 30.3 Å². The standard InChI is InChI=1S/C7H5F3O.BrH/c8-7(9,10)11-6-4-2-1-3-5-6;/h1-5H;1H. The van der Waals surface area contributed by atoms with Gasteiger partial charge in [-0.25, -0.2) is 0 Å². The molecule has 1 rings (SSSR count). The van der Waals surface area contributed by atoms with Gasteiger partial charge in [0.2, 0.25) is 0 Å². The minimum Gasteiger partial charge on any atom is -0.406 e. The molecule has 0 aliphatic rings. The van der Waals surface area contributed by atoms with Crippen molar-refractivity contribution in [2.24, 2.45) is 0 Å². The molecular formula is C7H6BrF3O. The number of benzene rings is 1. The number of para-hydroxylation sites is 1. The summed E-state index contributed by atoms with van der Waals surface area (Å²) < 4.78 is 38.2. The van der Waals surface area contributed by atoms with Gasteiger partial charge in [-0.15, -0.1) is 30.2 Å². The van der Waals surface area contributed by atoms with E-state index in [1.807, 2.05) is 0 Å². The molecule has 1 aromatic rings. The largest absolute Gasteiger partial charge is 0.573 e. The molecule has 0 saturated heterocycles. The van der Waals surface area contributed by atoms with Crippen LogP contribution in [0.25, 0.3) is 0 Å². The molecule has 0 aliphatic carbocycles. The van der Waals surface area contributed by atoms with Crippen LogP contribution in [0.1, 0.15) is 0 Å². The topological polar surface area (TPSA) is 9.23 Å². The number of halogens is 4. The first-order valence-electron chi connectivity index (χ1n) is 2.89. The van der Waals surface area contributed by atoms with Crippen LogP contribution in [0.5, 0.6) is 5.75 Å². The summed E-state index contributed by atoms with van der Waals surface area (Å²) in [5.41, 5.74) is 0. The summed E-state index contributed by atoms with van der Waals surface area (Å²) in [5.74, 6) is -0.194. The Morgan fingerprint density at radius 2 is 1.50 bits per heavy atom. The Hall–Kier alpha value is -0.710. The molecule has 1 aromatic carbocycles. The Morgan fingerprint density at radius 3 is 1.92 bits per heavy atom. The van der Waals surface area contributed by atoms with Gasteiger partial charge < -0.3 is 4.74 Å². The SMILES string of the molecule is Br.FC(F)(F)Oc1ccccc1. The van der Waals surface area contributed by atoms with E-state index in [4.69, 9.17) is 0 Å². The highest BCUT2D eigenvalue weighted by Gasteiger charge is 2.30. The summed E-state index contributed by atoms with van der Waals surface area (Å²) in [5, 5.41) is 0. The third-order valence-electron chi connectivity index (χ3n) is 0.977. The average Bonchev–Trinajstić information content (AvgIpc) is 1.85. The predicted octanol–water partition coefficient (Wildman–Crippen LogP) is 3.16. The highest BCUT2D eigenvalue weighted by Crippen LogP contribution is 2.21. The van der Waals surface area contributed by atoms with Crippen molar-refractivity contribution in [3.05, 3.63) is 30.3 Å². The Bertz CT molecular complexity index is 222. The van der Waals surface area contributed by atoms with Crippen LogP contribution in [0, 0.1) is 0 Å². The van der Waals surface area contributed by atoms with Crippen LogP contribution >= 0.6 is 17.0 Å². The van der Waals surface area contributed by atoms with Crippen LogP contribution in [0.4, 0.5) is 13.2 Å². The molecule has 0 N–H and O–H groups in total. The van der Waals surface area contributed by atoms with E-state index in [1.165, 1.54) is 24.3 Å². The predicted molar refractivity (Wildman–Crippen MR) is 43.4 cm³/mol. The van der Waals surface area contributed by atoms with E-state index in [2.05, 4.69) is 4.74 Å². The lowest BCUT2D eigenvalue weighted by Gasteiger charge is -2.07. The van der Waals surface area contributed by atoms with E-state index < -0.39 is 6.36 Å². The van der Waals surface area contributed by atoms with Crippen LogP contribution in [-0.2, 0) is 0 Å². The Kier molecular flexibility index (Phi) is 4.09. The molecule has 0 spiro atoms. The summed E-state index contributed by atoms with van der Waals surface area (Å²) in [6.07, 6.45) is -4.60. The van der Waals surface area contributed by atoms with E-state index >= 15 is 0 Å². The second kappa shape index (κ2) is 4.35. The quantitative estimate of drug-likeness (QED) is 0.736. The molecule has 0 heterocycles. The summed E-state index contributed by atoms with van der Waals surface area (Å²) in [4.78, 5) is 0. The van der Waals surface area contributed by atoms with E-state index in [-0.39, 0.29) is 22.7 Å². The van der Waals surface area contributed by atoms with Crippen molar-refractivity contribution in [3.63, 3.8) is 0 Å². The van der Waals surface area contributed by atoms with Gasteiger partial charge in [-0.3, -0.25) is 0 Å². The fourth-order valence-electron chi connectivity index (χ4n) is 0.622. The van der Waals surface area contributed by atoms with Crippen molar-refractivity contribution in [1.82, 2.24) is 0 Å². The minimum absolute atomic E-state index is 0. The molecule has 0 radical (unpaired) electrons. The lowest BCUT2D eigenvalue weighted by atomic mass is 10.3. The van der Waals surface area contributed by atoms with Crippen LogP contribution < -0.4 is 4.74 Å². The molecule has 0 saturated carbocycles. The lowest BCUT2D eigenvalue weighted by molar-refractivity contribution is -0.274. The number of ether oxygens (including phenoxy) is 1. The molecule has 68 valence electrons. The zero-order valence-electron chi connectivity index (χ0n) is 5.84. The molecule has 0 aliphatic heterocycles. The van der Waals surface area contributed by atoms with Crippen molar-refractivity contribution >= 4 is 17.0 Å². The Balaban J connectivity index is 0.00000121. The average molecular weight is 243 g/mol. The normalized spacial score (nSPS) is 10.2. The van der Waals surface area contributed by atoms with Crippen LogP contribution in [0.2, 0.25) is 0 Å². The smallest absolute Gasteiger partial charge is 0.406 e. The van der Waals surface area contributed by atoms with Gasteiger partial charge in [0.15, 0.2) is 0 Å². The summed E-state index contributed by atoms with van der Waals surface area (Å²) >= 11 is 0. The molecule has 1 nitrogen and oxygen atoms in total. The van der Waals surface area contributed by atoms with E-state index in [1.54, 1.807) is 6.07 Å². The zero-order valence-corrected chi connectivity index (χ0v) is 7.55. The summed E-state index contributed by atoms with van der Waals surface area (Å²) in [6.45, 7) is 0. The third kappa shape index (κ3) is 4.23. The van der Waals surface area contributed by atoms with Gasteiger partial charge in [0.25, 0.3) is 0 Å². The van der Waals surface area contributed by atoms with Crippen molar-refractivity contribution in [3.8, 4) is 5.75 Å². The number of hydrogen-bond acceptors (Lipinski definition) is 1. The maximum atomic E-state index is 11.5. The molecule has 0 atom stereocenters. The van der Waals surface area contributed by atoms with Gasteiger partial charge in [-0.1, -0.05) is 18.2 Å². The van der Waals surface area contributed by atoms with Crippen molar-refractivity contribution < 1.29 is 17.9 Å². The van der Waals surface area contributed by atoms with E-state index in [0.717, 1.165) is 0 Å². The van der Waals surface area contributed by atoms with Crippen molar-refractivity contribution in [1.29, 1.82) is 0 Å². The van der Waals surface area contributed by atoms with Gasteiger partial charge in [-0.05, 0) is 12.1 Å². The molecule has 5 heteroatoms. The minimum atomic E-state index is -4.60. The number of alkyl halides is 3. The van der Waals surface area contributed by atoms with Crippen molar-refractivity contribution in [2.45, 2.75) is 6.36 Å². The maximum Gasteiger partial charge on any atom is 0.573 e. The van der Waals surface area contributed by atoms with Crippen LogP contribution in [-0.4, -0.2) is 6.36 Å². The maximum absolute atomic E-state index is 11.5. The number of rotatable bonds is 1. The zero-order chi connectivity index (χ0) is 8.32. The molecular weight excluding hydrogens is 237 g/mol. The van der Waals surface area contributed by atoms with Crippen molar-refractivity contribution in [2.75, 3.05) is 0 Å². The van der Waals surface area contributed by atoms with Gasteiger partial charge in [-0.2, -0.15) is 0 Å². The van der Waals surface area contributed by atoms with E-state index in [9.17, 15) is 13.2 Å². The van der Waals surface area contributed by atoms with Gasteiger partial charge >= 0.3 is 6.36 Å². The third-order valence-corrected chi connectivity index (χ3v) is 0.977. The Morgan fingerprint density at radius 1 is 1.00 bits per heavy atom. The van der Waals surface area contributed by atoms with Crippen LogP contribution in [0.3, 0.4) is 0 Å². The fraction of sp³-hybridized carbons (Fsp3) is 0.143. The Labute approximate surface area is 77.9 Å². The molecule has 12 heavy (non-hydrogen) atoms. The first-order valence-corrected chi connectivity index (χ1v) is 2.89. The highest BCUT2D eigenvalue weighted by molar-refractivity contribution is 8.93. The van der Waals surface area contributed by atoms with E-state index in [0.29, 0.717) is 0 Å². The first-order chi connectivity index (χ1) is 5.08. The fourth-order valence-corrected chi connectivity index (χ4v) is 0.622. The van der Waals surface area contributed by atoms with Gasteiger partial charge in [0.1, 0.15) is 5.75 Å². The molecule has 0 aromatic heterocycles. The first kappa shape index (κ1) is 11.3.